The molecule has 1 aromatic rings. The van der Waals surface area contributed by atoms with Crippen LogP contribution in [-0.2, 0) is 0 Å². The predicted octanol–water partition coefficient (Wildman–Crippen LogP) is 3.92. The molecular weight excluding hydrogens is 308 g/mol. The lowest BCUT2D eigenvalue weighted by Gasteiger charge is -2.24. The molecule has 0 amide bonds. The summed E-state index contributed by atoms with van der Waals surface area (Å²) in [5.74, 6) is 1.79. The first kappa shape index (κ1) is 12.4. The highest BCUT2D eigenvalue weighted by Crippen LogP contribution is 2.44. The number of rotatable bonds is 2. The smallest absolute Gasteiger partial charge is 0.171 e. The van der Waals surface area contributed by atoms with Crippen LogP contribution >= 0.6 is 28.1 Å². The Morgan fingerprint density at radius 1 is 1.28 bits per heavy atom. The lowest BCUT2D eigenvalue weighted by atomic mass is 9.96. The highest BCUT2D eigenvalue weighted by Gasteiger charge is 2.39. The molecule has 2 aliphatic carbocycles. The van der Waals surface area contributed by atoms with Crippen LogP contribution in [0.5, 0.6) is 0 Å². The van der Waals surface area contributed by atoms with Crippen LogP contribution in [-0.4, -0.2) is 11.2 Å². The van der Waals surface area contributed by atoms with Gasteiger partial charge >= 0.3 is 0 Å². The number of thiocarbonyl (C=S) groups is 1. The molecule has 2 nitrogen and oxygen atoms in total. The van der Waals surface area contributed by atoms with Crippen molar-refractivity contribution in [3.63, 3.8) is 0 Å². The summed E-state index contributed by atoms with van der Waals surface area (Å²) < 4.78 is 1.07. The Morgan fingerprint density at radius 2 is 2.17 bits per heavy atom. The number of benzene rings is 1. The van der Waals surface area contributed by atoms with E-state index in [4.69, 9.17) is 12.2 Å². The lowest BCUT2D eigenvalue weighted by molar-refractivity contribution is 0.392. The third-order valence-corrected chi connectivity index (χ3v) is 4.85. The maximum absolute atomic E-state index is 5.39. The molecule has 3 atom stereocenters. The van der Waals surface area contributed by atoms with E-state index in [0.29, 0.717) is 6.04 Å². The Bertz CT molecular complexity index is 463. The van der Waals surface area contributed by atoms with Gasteiger partial charge in [0.1, 0.15) is 0 Å². The van der Waals surface area contributed by atoms with E-state index in [0.717, 1.165) is 27.1 Å². The van der Waals surface area contributed by atoms with E-state index in [1.54, 1.807) is 0 Å². The van der Waals surface area contributed by atoms with Crippen molar-refractivity contribution in [1.82, 2.24) is 5.32 Å². The number of hydrogen-bond acceptors (Lipinski definition) is 1. The van der Waals surface area contributed by atoms with Crippen molar-refractivity contribution in [3.8, 4) is 0 Å². The third-order valence-electron chi connectivity index (χ3n) is 4.14. The first-order chi connectivity index (χ1) is 8.70. The van der Waals surface area contributed by atoms with Crippen molar-refractivity contribution in [1.29, 1.82) is 0 Å². The highest BCUT2D eigenvalue weighted by molar-refractivity contribution is 9.10. The molecule has 0 radical (unpaired) electrons. The summed E-state index contributed by atoms with van der Waals surface area (Å²) in [6.45, 7) is 0. The summed E-state index contributed by atoms with van der Waals surface area (Å²) in [7, 11) is 0. The molecule has 0 unspecified atom stereocenters. The van der Waals surface area contributed by atoms with Gasteiger partial charge in [-0.2, -0.15) is 0 Å². The van der Waals surface area contributed by atoms with E-state index in [-0.39, 0.29) is 0 Å². The molecule has 0 heterocycles. The average molecular weight is 325 g/mol. The first-order valence-corrected chi connectivity index (χ1v) is 7.74. The summed E-state index contributed by atoms with van der Waals surface area (Å²) in [6, 6.07) is 8.68. The quantitative estimate of drug-likeness (QED) is 0.806. The third kappa shape index (κ3) is 2.69. The average Bonchev–Trinajstić information content (AvgIpc) is 2.90. The minimum absolute atomic E-state index is 0.593. The van der Waals surface area contributed by atoms with Crippen molar-refractivity contribution in [2.24, 2.45) is 11.8 Å². The van der Waals surface area contributed by atoms with Crippen molar-refractivity contribution in [2.45, 2.75) is 31.7 Å². The van der Waals surface area contributed by atoms with Gasteiger partial charge in [0.15, 0.2) is 5.11 Å². The molecule has 2 N–H and O–H groups in total. The first-order valence-electron chi connectivity index (χ1n) is 6.54. The summed E-state index contributed by atoms with van der Waals surface area (Å²) in [5.41, 5.74) is 1.03. The molecule has 96 valence electrons. The number of fused-ring (bicyclic) bond motifs is 2. The summed E-state index contributed by atoms with van der Waals surface area (Å²) in [5, 5.41) is 7.50. The van der Waals surface area contributed by atoms with Crippen LogP contribution in [0.2, 0.25) is 0 Å². The van der Waals surface area contributed by atoms with Crippen molar-refractivity contribution < 1.29 is 0 Å². The Balaban J connectivity index is 1.56. The van der Waals surface area contributed by atoms with E-state index < -0.39 is 0 Å². The van der Waals surface area contributed by atoms with Gasteiger partial charge < -0.3 is 10.6 Å². The second-order valence-electron chi connectivity index (χ2n) is 5.39. The van der Waals surface area contributed by atoms with Gasteiger partial charge in [-0.15, -0.1) is 0 Å². The minimum atomic E-state index is 0.593. The zero-order valence-corrected chi connectivity index (χ0v) is 12.6. The fourth-order valence-electron chi connectivity index (χ4n) is 3.32. The second kappa shape index (κ2) is 5.17. The van der Waals surface area contributed by atoms with Crippen LogP contribution < -0.4 is 10.6 Å². The molecule has 0 spiro atoms. The standard InChI is InChI=1S/C14H17BrN2S/c15-11-2-1-3-12(8-11)16-14(18)17-13-7-9-4-5-10(13)6-9/h1-3,8-10,13H,4-7H2,(H2,16,17,18)/t9-,10+,13-/m0/s1. The highest BCUT2D eigenvalue weighted by atomic mass is 79.9. The zero-order valence-electron chi connectivity index (χ0n) is 10.2. The predicted molar refractivity (Wildman–Crippen MR) is 82.7 cm³/mol. The minimum Gasteiger partial charge on any atom is -0.359 e. The topological polar surface area (TPSA) is 24.1 Å². The Hall–Kier alpha value is -0.610. The van der Waals surface area contributed by atoms with E-state index in [2.05, 4.69) is 26.6 Å². The normalized spacial score (nSPS) is 29.3. The van der Waals surface area contributed by atoms with E-state index in [1.165, 1.54) is 25.7 Å². The molecule has 2 bridgehead atoms. The van der Waals surface area contributed by atoms with E-state index in [1.807, 2.05) is 24.3 Å². The maximum atomic E-state index is 5.39. The van der Waals surface area contributed by atoms with Gasteiger partial charge in [0.05, 0.1) is 0 Å². The molecule has 2 saturated carbocycles. The maximum Gasteiger partial charge on any atom is 0.171 e. The van der Waals surface area contributed by atoms with Gasteiger partial charge in [0.25, 0.3) is 0 Å². The van der Waals surface area contributed by atoms with Gasteiger partial charge in [-0.3, -0.25) is 0 Å². The van der Waals surface area contributed by atoms with Crippen LogP contribution in [0.3, 0.4) is 0 Å². The lowest BCUT2D eigenvalue weighted by Crippen LogP contribution is -2.40. The number of anilines is 1. The molecule has 0 aliphatic heterocycles. The number of nitrogens with one attached hydrogen (secondary N) is 2. The Kier molecular flexibility index (Phi) is 3.57. The largest absolute Gasteiger partial charge is 0.359 e. The Morgan fingerprint density at radius 3 is 2.83 bits per heavy atom. The molecular formula is C14H17BrN2S. The van der Waals surface area contributed by atoms with Gasteiger partial charge in [-0.25, -0.2) is 0 Å². The summed E-state index contributed by atoms with van der Waals surface area (Å²) in [6.07, 6.45) is 5.50. The van der Waals surface area contributed by atoms with Crippen LogP contribution in [0.4, 0.5) is 5.69 Å². The Labute approximate surface area is 122 Å². The van der Waals surface area contributed by atoms with Crippen LogP contribution in [0.25, 0.3) is 0 Å². The van der Waals surface area contributed by atoms with Crippen LogP contribution in [0.15, 0.2) is 28.7 Å². The number of hydrogen-bond donors (Lipinski definition) is 2. The molecule has 3 rings (SSSR count). The van der Waals surface area contributed by atoms with Gasteiger partial charge in [-0.1, -0.05) is 28.4 Å². The van der Waals surface area contributed by atoms with Crippen LogP contribution in [0, 0.1) is 11.8 Å². The van der Waals surface area contributed by atoms with E-state index >= 15 is 0 Å². The monoisotopic (exact) mass is 324 g/mol. The molecule has 2 aliphatic rings. The van der Waals surface area contributed by atoms with Gasteiger partial charge in [0, 0.05) is 16.2 Å². The van der Waals surface area contributed by atoms with Crippen molar-refractivity contribution in [2.75, 3.05) is 5.32 Å². The zero-order chi connectivity index (χ0) is 12.5. The van der Waals surface area contributed by atoms with Crippen molar-refractivity contribution in [3.05, 3.63) is 28.7 Å². The van der Waals surface area contributed by atoms with Crippen LogP contribution in [0.1, 0.15) is 25.7 Å². The van der Waals surface area contributed by atoms with E-state index in [9.17, 15) is 0 Å². The fourth-order valence-corrected chi connectivity index (χ4v) is 3.99. The fraction of sp³-hybridized carbons (Fsp3) is 0.500. The number of halogens is 1. The molecule has 1 aromatic carbocycles. The van der Waals surface area contributed by atoms with Gasteiger partial charge in [-0.05, 0) is 61.5 Å². The summed E-state index contributed by atoms with van der Waals surface area (Å²) >= 11 is 8.86. The van der Waals surface area contributed by atoms with Gasteiger partial charge in [0.2, 0.25) is 0 Å². The molecule has 0 aromatic heterocycles. The summed E-state index contributed by atoms with van der Waals surface area (Å²) in [4.78, 5) is 0. The molecule has 2 fully saturated rings. The molecule has 4 heteroatoms. The SMILES string of the molecule is S=C(Nc1cccc(Br)c1)N[C@H]1C[C@H]2CC[C@@H]1C2. The van der Waals surface area contributed by atoms with Crippen molar-refractivity contribution >= 4 is 38.9 Å². The second-order valence-corrected chi connectivity index (χ2v) is 6.71. The molecule has 18 heavy (non-hydrogen) atoms. The molecule has 0 saturated heterocycles.